The molecular weight excluding hydrogens is 395 g/mol. The van der Waals surface area contributed by atoms with Crippen LogP contribution in [0.25, 0.3) is 10.2 Å². The lowest BCUT2D eigenvalue weighted by Gasteiger charge is -2.23. The summed E-state index contributed by atoms with van der Waals surface area (Å²) in [5, 5.41) is 0.694. The zero-order chi connectivity index (χ0) is 19.5. The van der Waals surface area contributed by atoms with E-state index in [0.29, 0.717) is 11.7 Å². The van der Waals surface area contributed by atoms with Crippen LogP contribution in [0.5, 0.6) is 0 Å². The number of aromatic nitrogens is 1. The predicted octanol–water partition coefficient (Wildman–Crippen LogP) is 4.91. The van der Waals surface area contributed by atoms with Crippen molar-refractivity contribution < 1.29 is 13.9 Å². The number of nitrogens with zero attached hydrogens (tertiary/aromatic N) is 2. The number of fused-ring (bicyclic) bond motifs is 1. The van der Waals surface area contributed by atoms with Crippen LogP contribution in [0.1, 0.15) is 18.4 Å². The third-order valence-electron chi connectivity index (χ3n) is 4.80. The Bertz CT molecular complexity index is 968. The molecule has 2 heterocycles. The molecule has 2 aromatic carbocycles. The van der Waals surface area contributed by atoms with Crippen LogP contribution in [0.2, 0.25) is 0 Å². The van der Waals surface area contributed by atoms with Gasteiger partial charge < -0.3 is 4.74 Å². The molecule has 1 fully saturated rings. The van der Waals surface area contributed by atoms with Crippen molar-refractivity contribution in [2.75, 3.05) is 24.3 Å². The van der Waals surface area contributed by atoms with Gasteiger partial charge in [0.2, 0.25) is 5.91 Å². The summed E-state index contributed by atoms with van der Waals surface area (Å²) in [4.78, 5) is 20.8. The summed E-state index contributed by atoms with van der Waals surface area (Å²) in [5.41, 5.74) is 1.72. The molecule has 1 saturated heterocycles. The number of hydrogen-bond acceptors (Lipinski definition) is 5. The molecule has 0 radical (unpaired) electrons. The molecule has 146 valence electrons. The fourth-order valence-corrected chi connectivity index (χ4v) is 4.99. The number of thiazole rings is 1. The minimum atomic E-state index is -0.303. The predicted molar refractivity (Wildman–Crippen MR) is 113 cm³/mol. The minimum Gasteiger partial charge on any atom is -0.376 e. The summed E-state index contributed by atoms with van der Waals surface area (Å²) >= 11 is 3.17. The average Bonchev–Trinajstić information content (AvgIpc) is 3.36. The first-order valence-electron chi connectivity index (χ1n) is 9.24. The van der Waals surface area contributed by atoms with E-state index in [1.807, 2.05) is 24.5 Å². The maximum Gasteiger partial charge on any atom is 0.233 e. The zero-order valence-corrected chi connectivity index (χ0v) is 17.2. The van der Waals surface area contributed by atoms with Gasteiger partial charge in [-0.1, -0.05) is 29.5 Å². The molecule has 1 amide bonds. The lowest BCUT2D eigenvalue weighted by atomic mass is 10.1. The largest absolute Gasteiger partial charge is 0.376 e. The molecule has 0 unspecified atom stereocenters. The lowest BCUT2D eigenvalue weighted by molar-refractivity contribution is -0.118. The standard InChI is InChI=1S/C21H21FN2O2S2/c1-27-17-5-2-6-18-20(17)23-21(28-18)24(13-16-4-3-11-26-16)19(25)12-14-7-9-15(22)10-8-14/h2,5-10,16H,3-4,11-13H2,1H3/t16-/m1/s1. The van der Waals surface area contributed by atoms with Crippen molar-refractivity contribution in [3.63, 3.8) is 0 Å². The number of amides is 1. The summed E-state index contributed by atoms with van der Waals surface area (Å²) < 4.78 is 20.0. The number of carbonyl (C=O) groups is 1. The summed E-state index contributed by atoms with van der Waals surface area (Å²) in [5.74, 6) is -0.352. The second-order valence-corrected chi connectivity index (χ2v) is 8.60. The highest BCUT2D eigenvalue weighted by Crippen LogP contribution is 2.34. The Morgan fingerprint density at radius 1 is 1.32 bits per heavy atom. The van der Waals surface area contributed by atoms with Crippen molar-refractivity contribution in [1.29, 1.82) is 0 Å². The number of thioether (sulfide) groups is 1. The zero-order valence-electron chi connectivity index (χ0n) is 15.6. The molecule has 1 aliphatic rings. The van der Waals surface area contributed by atoms with Gasteiger partial charge >= 0.3 is 0 Å². The number of para-hydroxylation sites is 1. The van der Waals surface area contributed by atoms with Crippen LogP contribution < -0.4 is 4.90 Å². The molecular formula is C21H21FN2O2S2. The third kappa shape index (κ3) is 4.21. The molecule has 28 heavy (non-hydrogen) atoms. The van der Waals surface area contributed by atoms with Crippen LogP contribution in [0.4, 0.5) is 9.52 Å². The summed E-state index contributed by atoms with van der Waals surface area (Å²) in [6.07, 6.45) is 4.22. The van der Waals surface area contributed by atoms with Crippen molar-refractivity contribution >= 4 is 44.4 Å². The van der Waals surface area contributed by atoms with Crippen molar-refractivity contribution in [3.8, 4) is 0 Å². The smallest absolute Gasteiger partial charge is 0.233 e. The monoisotopic (exact) mass is 416 g/mol. The molecule has 3 aromatic rings. The number of ether oxygens (including phenoxy) is 1. The topological polar surface area (TPSA) is 42.4 Å². The van der Waals surface area contributed by atoms with Crippen LogP contribution in [0.15, 0.2) is 47.4 Å². The van der Waals surface area contributed by atoms with Gasteiger partial charge in [-0.3, -0.25) is 9.69 Å². The van der Waals surface area contributed by atoms with Crippen LogP contribution >= 0.6 is 23.1 Å². The van der Waals surface area contributed by atoms with E-state index in [1.165, 1.54) is 23.5 Å². The van der Waals surface area contributed by atoms with E-state index in [2.05, 4.69) is 0 Å². The number of carbonyl (C=O) groups excluding carboxylic acids is 1. The second kappa shape index (κ2) is 8.59. The average molecular weight is 417 g/mol. The molecule has 1 aliphatic heterocycles. The third-order valence-corrected chi connectivity index (χ3v) is 6.61. The number of halogens is 1. The SMILES string of the molecule is CSc1cccc2sc(N(C[C@H]3CCCO3)C(=O)Cc3ccc(F)cc3)nc12. The van der Waals surface area contributed by atoms with Gasteiger partial charge in [0.1, 0.15) is 5.82 Å². The Balaban J connectivity index is 1.64. The van der Waals surface area contributed by atoms with Crippen molar-refractivity contribution in [2.45, 2.75) is 30.3 Å². The Labute approximate surface area is 171 Å². The van der Waals surface area contributed by atoms with Crippen molar-refractivity contribution in [2.24, 2.45) is 0 Å². The van der Waals surface area contributed by atoms with E-state index in [-0.39, 0.29) is 24.2 Å². The van der Waals surface area contributed by atoms with E-state index < -0.39 is 0 Å². The van der Waals surface area contributed by atoms with Gasteiger partial charge in [0, 0.05) is 11.5 Å². The maximum atomic E-state index is 13.2. The van der Waals surface area contributed by atoms with Crippen molar-refractivity contribution in [1.82, 2.24) is 4.98 Å². The Morgan fingerprint density at radius 2 is 2.14 bits per heavy atom. The summed E-state index contributed by atoms with van der Waals surface area (Å²) in [7, 11) is 0. The summed E-state index contributed by atoms with van der Waals surface area (Å²) in [6, 6.07) is 12.2. The molecule has 0 saturated carbocycles. The van der Waals surface area contributed by atoms with Crippen LogP contribution in [0, 0.1) is 5.82 Å². The molecule has 7 heteroatoms. The van der Waals surface area contributed by atoms with E-state index in [9.17, 15) is 9.18 Å². The Kier molecular flexibility index (Phi) is 5.94. The summed E-state index contributed by atoms with van der Waals surface area (Å²) in [6.45, 7) is 1.23. The number of benzene rings is 2. The van der Waals surface area contributed by atoms with E-state index >= 15 is 0 Å². The molecule has 0 N–H and O–H groups in total. The van der Waals surface area contributed by atoms with E-state index in [0.717, 1.165) is 40.1 Å². The van der Waals surface area contributed by atoms with Gasteiger partial charge in [0.15, 0.2) is 5.13 Å². The van der Waals surface area contributed by atoms with Gasteiger partial charge in [0.05, 0.1) is 29.3 Å². The van der Waals surface area contributed by atoms with Crippen LogP contribution in [-0.2, 0) is 16.0 Å². The lowest BCUT2D eigenvalue weighted by Crippen LogP contribution is -2.38. The van der Waals surface area contributed by atoms with Crippen LogP contribution in [0.3, 0.4) is 0 Å². The Morgan fingerprint density at radius 3 is 2.86 bits per heavy atom. The Hall–Kier alpha value is -1.96. The van der Waals surface area contributed by atoms with Gasteiger partial charge in [0.25, 0.3) is 0 Å². The highest BCUT2D eigenvalue weighted by atomic mass is 32.2. The highest BCUT2D eigenvalue weighted by molar-refractivity contribution is 7.98. The normalized spacial score (nSPS) is 16.6. The molecule has 0 aliphatic carbocycles. The fraction of sp³-hybridized carbons (Fsp3) is 0.333. The maximum absolute atomic E-state index is 13.2. The van der Waals surface area contributed by atoms with Crippen molar-refractivity contribution in [3.05, 3.63) is 53.8 Å². The van der Waals surface area contributed by atoms with Gasteiger partial charge in [-0.25, -0.2) is 9.37 Å². The number of anilines is 1. The van der Waals surface area contributed by atoms with Gasteiger partial charge in [-0.05, 0) is 48.9 Å². The molecule has 4 rings (SSSR count). The molecule has 1 aromatic heterocycles. The minimum absolute atomic E-state index is 0.0317. The van der Waals surface area contributed by atoms with Gasteiger partial charge in [-0.2, -0.15) is 0 Å². The van der Waals surface area contributed by atoms with E-state index in [4.69, 9.17) is 9.72 Å². The number of rotatable bonds is 6. The second-order valence-electron chi connectivity index (χ2n) is 6.75. The quantitative estimate of drug-likeness (QED) is 0.536. The van der Waals surface area contributed by atoms with Crippen LogP contribution in [-0.4, -0.2) is 36.4 Å². The molecule has 4 nitrogen and oxygen atoms in total. The highest BCUT2D eigenvalue weighted by Gasteiger charge is 2.26. The molecule has 0 spiro atoms. The molecule has 1 atom stereocenters. The first-order chi connectivity index (χ1) is 13.6. The molecule has 0 bridgehead atoms. The fourth-order valence-electron chi connectivity index (χ4n) is 3.34. The first kappa shape index (κ1) is 19.4. The van der Waals surface area contributed by atoms with Gasteiger partial charge in [-0.15, -0.1) is 11.8 Å². The first-order valence-corrected chi connectivity index (χ1v) is 11.3. The van der Waals surface area contributed by atoms with E-state index in [1.54, 1.807) is 28.8 Å². The number of hydrogen-bond donors (Lipinski definition) is 0.